The number of nitrogens with zero attached hydrogens (tertiary/aromatic N) is 2. The van der Waals surface area contributed by atoms with E-state index in [1.54, 1.807) is 6.92 Å². The molecule has 0 radical (unpaired) electrons. The zero-order chi connectivity index (χ0) is 10.1. The molecule has 72 valence electrons. The summed E-state index contributed by atoms with van der Waals surface area (Å²) in [6.07, 6.45) is 2.47. The van der Waals surface area contributed by atoms with Crippen molar-refractivity contribution in [2.24, 2.45) is 0 Å². The van der Waals surface area contributed by atoms with Gasteiger partial charge in [0, 0.05) is 18.0 Å². The van der Waals surface area contributed by atoms with Crippen molar-refractivity contribution in [1.82, 2.24) is 9.97 Å². The van der Waals surface area contributed by atoms with Crippen molar-refractivity contribution in [1.29, 1.82) is 0 Å². The Morgan fingerprint density at radius 3 is 2.54 bits per heavy atom. The quantitative estimate of drug-likeness (QED) is 0.641. The summed E-state index contributed by atoms with van der Waals surface area (Å²) in [4.78, 5) is 7.42. The van der Waals surface area contributed by atoms with Crippen LogP contribution in [0.15, 0.2) is 11.4 Å². The Hall–Kier alpha value is -1.17. The number of rotatable bonds is 2. The lowest BCUT2D eigenvalue weighted by molar-refractivity contribution is 0.387. The molecule has 0 amide bonds. The summed E-state index contributed by atoms with van der Waals surface area (Å²) < 4.78 is 26.9. The number of hydrogen-bond acceptors (Lipinski definition) is 5. The molecule has 13 heavy (non-hydrogen) atoms. The lowest BCUT2D eigenvalue weighted by Gasteiger charge is -2.03. The third-order valence-electron chi connectivity index (χ3n) is 1.43. The van der Waals surface area contributed by atoms with E-state index in [4.69, 9.17) is 4.74 Å². The molecule has 0 fully saturated rings. The maximum Gasteiger partial charge on any atom is 0.250 e. The molecule has 0 aliphatic rings. The van der Waals surface area contributed by atoms with Crippen molar-refractivity contribution in [2.45, 2.75) is 12.1 Å². The van der Waals surface area contributed by atoms with Gasteiger partial charge in [-0.2, -0.15) is 4.98 Å². The van der Waals surface area contributed by atoms with Crippen molar-refractivity contribution in [3.63, 3.8) is 0 Å². The van der Waals surface area contributed by atoms with Gasteiger partial charge in [0.25, 0.3) is 0 Å². The van der Waals surface area contributed by atoms with Crippen LogP contribution in [0, 0.1) is 6.92 Å². The van der Waals surface area contributed by atoms with Crippen LogP contribution in [0.2, 0.25) is 0 Å². The van der Waals surface area contributed by atoms with Gasteiger partial charge < -0.3 is 4.74 Å². The van der Waals surface area contributed by atoms with E-state index in [9.17, 15) is 8.42 Å². The average Bonchev–Trinajstić information content (AvgIpc) is 2.03. The summed E-state index contributed by atoms with van der Waals surface area (Å²) in [5, 5.41) is -0.213. The second-order valence-electron chi connectivity index (χ2n) is 2.62. The maximum absolute atomic E-state index is 11.0. The van der Waals surface area contributed by atoms with Crippen molar-refractivity contribution >= 4 is 9.84 Å². The van der Waals surface area contributed by atoms with Crippen molar-refractivity contribution in [2.75, 3.05) is 13.4 Å². The normalized spacial score (nSPS) is 11.3. The van der Waals surface area contributed by atoms with E-state index >= 15 is 0 Å². The Bertz CT molecular complexity index is 414. The second-order valence-corrected chi connectivity index (χ2v) is 4.53. The van der Waals surface area contributed by atoms with Crippen molar-refractivity contribution in [3.05, 3.63) is 11.8 Å². The van der Waals surface area contributed by atoms with Gasteiger partial charge in [0.1, 0.15) is 0 Å². The lowest BCUT2D eigenvalue weighted by Crippen LogP contribution is -2.05. The zero-order valence-electron chi connectivity index (χ0n) is 7.60. The van der Waals surface area contributed by atoms with Crippen LogP contribution in [0.4, 0.5) is 0 Å². The number of ether oxygens (including phenoxy) is 1. The van der Waals surface area contributed by atoms with E-state index < -0.39 is 9.84 Å². The molecule has 5 nitrogen and oxygen atoms in total. The average molecular weight is 202 g/mol. The van der Waals surface area contributed by atoms with E-state index in [-0.39, 0.29) is 11.0 Å². The van der Waals surface area contributed by atoms with Crippen LogP contribution in [0.5, 0.6) is 5.88 Å². The van der Waals surface area contributed by atoms with Crippen LogP contribution in [0.3, 0.4) is 0 Å². The van der Waals surface area contributed by atoms with E-state index in [1.165, 1.54) is 13.3 Å². The number of aryl methyl sites for hydroxylation is 1. The summed E-state index contributed by atoms with van der Waals surface area (Å²) in [5.74, 6) is 0.287. The van der Waals surface area contributed by atoms with Gasteiger partial charge in [-0.3, -0.25) is 0 Å². The highest BCUT2D eigenvalue weighted by molar-refractivity contribution is 7.90. The second kappa shape index (κ2) is 3.29. The predicted molar refractivity (Wildman–Crippen MR) is 46.4 cm³/mol. The summed E-state index contributed by atoms with van der Waals surface area (Å²) in [7, 11) is -1.92. The first-order chi connectivity index (χ1) is 5.95. The van der Waals surface area contributed by atoms with Gasteiger partial charge in [-0.25, -0.2) is 13.4 Å². The summed E-state index contributed by atoms with van der Waals surface area (Å²) in [6, 6.07) is 0. The number of methoxy groups -OCH3 is 1. The van der Waals surface area contributed by atoms with Crippen molar-refractivity contribution in [3.8, 4) is 5.88 Å². The van der Waals surface area contributed by atoms with Crippen LogP contribution in [-0.4, -0.2) is 31.8 Å². The molecule has 0 atom stereocenters. The third kappa shape index (κ3) is 2.15. The number of aromatic nitrogens is 2. The van der Waals surface area contributed by atoms with Gasteiger partial charge in [0.15, 0.2) is 0 Å². The van der Waals surface area contributed by atoms with Gasteiger partial charge in [-0.15, -0.1) is 0 Å². The molecular weight excluding hydrogens is 192 g/mol. The van der Waals surface area contributed by atoms with Gasteiger partial charge >= 0.3 is 0 Å². The first kappa shape index (κ1) is 9.91. The molecule has 1 aromatic rings. The molecular formula is C7H10N2O3S. The van der Waals surface area contributed by atoms with Crippen molar-refractivity contribution < 1.29 is 13.2 Å². The molecule has 0 unspecified atom stereocenters. The highest BCUT2D eigenvalue weighted by atomic mass is 32.2. The molecule has 0 saturated carbocycles. The van der Waals surface area contributed by atoms with Crippen LogP contribution in [-0.2, 0) is 9.84 Å². The smallest absolute Gasteiger partial charge is 0.250 e. The monoisotopic (exact) mass is 202 g/mol. The molecule has 0 spiro atoms. The Morgan fingerprint density at radius 2 is 2.08 bits per heavy atom. The minimum atomic E-state index is -3.35. The first-order valence-electron chi connectivity index (χ1n) is 3.53. The molecule has 0 bridgehead atoms. The minimum absolute atomic E-state index is 0.213. The molecule has 6 heteroatoms. The van der Waals surface area contributed by atoms with E-state index in [2.05, 4.69) is 9.97 Å². The minimum Gasteiger partial charge on any atom is -0.481 e. The van der Waals surface area contributed by atoms with Crippen LogP contribution in [0.25, 0.3) is 0 Å². The van der Waals surface area contributed by atoms with E-state index in [0.717, 1.165) is 6.26 Å². The van der Waals surface area contributed by atoms with Gasteiger partial charge in [-0.05, 0) is 6.92 Å². The molecule has 0 aromatic carbocycles. The highest BCUT2D eigenvalue weighted by Crippen LogP contribution is 2.13. The maximum atomic E-state index is 11.0. The summed E-state index contributed by atoms with van der Waals surface area (Å²) >= 11 is 0. The molecule has 1 rings (SSSR count). The summed E-state index contributed by atoms with van der Waals surface area (Å²) in [6.45, 7) is 1.74. The van der Waals surface area contributed by atoms with Crippen LogP contribution >= 0.6 is 0 Å². The Balaban J connectivity index is 3.30. The van der Waals surface area contributed by atoms with E-state index in [0.29, 0.717) is 5.56 Å². The molecule has 1 heterocycles. The van der Waals surface area contributed by atoms with Gasteiger partial charge in [-0.1, -0.05) is 0 Å². The molecule has 0 aliphatic carbocycles. The standard InChI is InChI=1S/C7H10N2O3S/c1-5-4-8-7(13(3,10)11)9-6(5)12-2/h4H,1-3H3. The fraction of sp³-hybridized carbons (Fsp3) is 0.429. The SMILES string of the molecule is COc1nc(S(C)(=O)=O)ncc1C. The third-order valence-corrected chi connectivity index (χ3v) is 2.29. The van der Waals surface area contributed by atoms with Gasteiger partial charge in [0.2, 0.25) is 20.9 Å². The van der Waals surface area contributed by atoms with Gasteiger partial charge in [0.05, 0.1) is 7.11 Å². The fourth-order valence-electron chi connectivity index (χ4n) is 0.796. The predicted octanol–water partition coefficient (Wildman–Crippen LogP) is 0.197. The molecule has 0 aliphatic heterocycles. The van der Waals surface area contributed by atoms with Crippen LogP contribution in [0.1, 0.15) is 5.56 Å². The molecule has 0 N–H and O–H groups in total. The highest BCUT2D eigenvalue weighted by Gasteiger charge is 2.12. The largest absolute Gasteiger partial charge is 0.481 e. The Kier molecular flexibility index (Phi) is 2.51. The molecule has 1 aromatic heterocycles. The fourth-order valence-corrected chi connectivity index (χ4v) is 1.29. The molecule has 0 saturated heterocycles. The lowest BCUT2D eigenvalue weighted by atomic mass is 10.4. The zero-order valence-corrected chi connectivity index (χ0v) is 8.42. The number of sulfone groups is 1. The Labute approximate surface area is 76.7 Å². The van der Waals surface area contributed by atoms with Crippen LogP contribution < -0.4 is 4.74 Å². The first-order valence-corrected chi connectivity index (χ1v) is 5.42. The number of hydrogen-bond donors (Lipinski definition) is 0. The topological polar surface area (TPSA) is 69.2 Å². The summed E-state index contributed by atoms with van der Waals surface area (Å²) in [5.41, 5.74) is 0.704. The Morgan fingerprint density at radius 1 is 1.46 bits per heavy atom. The van der Waals surface area contributed by atoms with E-state index in [1.807, 2.05) is 0 Å².